The molecular weight excluding hydrogens is 236 g/mol. The van der Waals surface area contributed by atoms with Crippen LogP contribution in [-0.4, -0.2) is 14.8 Å². The molecular formula is C15H14N4. The molecule has 0 aliphatic carbocycles. The van der Waals surface area contributed by atoms with Crippen molar-refractivity contribution < 1.29 is 0 Å². The van der Waals surface area contributed by atoms with E-state index in [1.807, 2.05) is 42.5 Å². The number of aromatic nitrogens is 3. The lowest BCUT2D eigenvalue weighted by Crippen LogP contribution is -2.05. The minimum Gasteiger partial charge on any atom is -0.384 e. The Bertz CT molecular complexity index is 659. The molecule has 2 N–H and O–H groups in total. The maximum Gasteiger partial charge on any atom is 0.122 e. The van der Waals surface area contributed by atoms with Crippen molar-refractivity contribution in [2.75, 3.05) is 5.73 Å². The Morgan fingerprint density at radius 3 is 2.47 bits per heavy atom. The molecule has 0 amide bonds. The van der Waals surface area contributed by atoms with E-state index in [9.17, 15) is 0 Å². The molecule has 3 aromatic rings. The van der Waals surface area contributed by atoms with E-state index in [1.54, 1.807) is 10.9 Å². The molecule has 0 aliphatic heterocycles. The summed E-state index contributed by atoms with van der Waals surface area (Å²) < 4.78 is 1.79. The zero-order valence-corrected chi connectivity index (χ0v) is 10.4. The van der Waals surface area contributed by atoms with Gasteiger partial charge in [-0.05, 0) is 17.7 Å². The topological polar surface area (TPSA) is 56.7 Å². The van der Waals surface area contributed by atoms with Gasteiger partial charge in [-0.3, -0.25) is 4.98 Å². The first-order valence-corrected chi connectivity index (χ1v) is 6.11. The maximum absolute atomic E-state index is 6.00. The fourth-order valence-electron chi connectivity index (χ4n) is 1.95. The molecule has 0 radical (unpaired) electrons. The molecule has 0 bridgehead atoms. The van der Waals surface area contributed by atoms with Crippen LogP contribution >= 0.6 is 0 Å². The van der Waals surface area contributed by atoms with Crippen LogP contribution in [0.5, 0.6) is 0 Å². The molecule has 2 heterocycles. The minimum absolute atomic E-state index is 0.643. The minimum atomic E-state index is 0.643. The summed E-state index contributed by atoms with van der Waals surface area (Å²) in [6, 6.07) is 17.7. The second-order valence-corrected chi connectivity index (χ2v) is 4.31. The van der Waals surface area contributed by atoms with Gasteiger partial charge in [0.15, 0.2) is 0 Å². The number of nitrogens with two attached hydrogens (primary N) is 1. The van der Waals surface area contributed by atoms with Crippen molar-refractivity contribution in [3.63, 3.8) is 0 Å². The molecule has 3 rings (SSSR count). The van der Waals surface area contributed by atoms with Gasteiger partial charge in [-0.25, -0.2) is 4.68 Å². The highest BCUT2D eigenvalue weighted by atomic mass is 15.3. The van der Waals surface area contributed by atoms with Crippen LogP contribution in [0, 0.1) is 0 Å². The molecule has 0 unspecified atom stereocenters. The maximum atomic E-state index is 6.00. The zero-order chi connectivity index (χ0) is 13.1. The highest BCUT2D eigenvalue weighted by Crippen LogP contribution is 2.18. The van der Waals surface area contributed by atoms with Crippen LogP contribution in [0.25, 0.3) is 11.4 Å². The van der Waals surface area contributed by atoms with Crippen molar-refractivity contribution in [3.05, 3.63) is 66.4 Å². The first kappa shape index (κ1) is 11.5. The Labute approximate surface area is 111 Å². The third kappa shape index (κ3) is 2.47. The summed E-state index contributed by atoms with van der Waals surface area (Å²) in [6.07, 6.45) is 1.75. The van der Waals surface area contributed by atoms with Crippen LogP contribution in [-0.2, 0) is 6.54 Å². The molecule has 94 valence electrons. The lowest BCUT2D eigenvalue weighted by molar-refractivity contribution is 0.699. The van der Waals surface area contributed by atoms with Gasteiger partial charge in [0.1, 0.15) is 11.5 Å². The van der Waals surface area contributed by atoms with Crippen LogP contribution in [0.3, 0.4) is 0 Å². The Kier molecular flexibility index (Phi) is 2.98. The van der Waals surface area contributed by atoms with Crippen molar-refractivity contribution in [3.8, 4) is 11.4 Å². The van der Waals surface area contributed by atoms with Crippen LogP contribution in [0.15, 0.2) is 60.8 Å². The van der Waals surface area contributed by atoms with Crippen LogP contribution in [0.4, 0.5) is 5.82 Å². The number of anilines is 1. The summed E-state index contributed by atoms with van der Waals surface area (Å²) in [6.45, 7) is 0.666. The SMILES string of the molecule is Nc1cc(-c2ccccn2)nn1Cc1ccccc1. The first-order valence-electron chi connectivity index (χ1n) is 6.11. The average Bonchev–Trinajstić information content (AvgIpc) is 2.82. The van der Waals surface area contributed by atoms with Gasteiger partial charge in [-0.1, -0.05) is 36.4 Å². The molecule has 1 aromatic carbocycles. The molecule has 19 heavy (non-hydrogen) atoms. The highest BCUT2D eigenvalue weighted by molar-refractivity contribution is 5.57. The second kappa shape index (κ2) is 4.94. The smallest absolute Gasteiger partial charge is 0.122 e. The number of benzene rings is 1. The summed E-state index contributed by atoms with van der Waals surface area (Å²) in [5.41, 5.74) is 8.80. The molecule has 4 nitrogen and oxygen atoms in total. The van der Waals surface area contributed by atoms with Crippen LogP contribution in [0.1, 0.15) is 5.56 Å². The number of nitrogen functional groups attached to an aromatic ring is 1. The summed E-state index contributed by atoms with van der Waals surface area (Å²) in [5, 5.41) is 4.50. The molecule has 0 atom stereocenters. The summed E-state index contributed by atoms with van der Waals surface area (Å²) >= 11 is 0. The van der Waals surface area contributed by atoms with Gasteiger partial charge in [0.2, 0.25) is 0 Å². The van der Waals surface area contributed by atoms with Crippen molar-refractivity contribution >= 4 is 5.82 Å². The van der Waals surface area contributed by atoms with Gasteiger partial charge in [0.25, 0.3) is 0 Å². The van der Waals surface area contributed by atoms with Crippen molar-refractivity contribution in [2.45, 2.75) is 6.54 Å². The first-order chi connectivity index (χ1) is 9.33. The third-order valence-electron chi connectivity index (χ3n) is 2.91. The summed E-state index contributed by atoms with van der Waals surface area (Å²) in [7, 11) is 0. The molecule has 0 aliphatic rings. The van der Waals surface area contributed by atoms with Gasteiger partial charge in [0, 0.05) is 12.3 Å². The van der Waals surface area contributed by atoms with Gasteiger partial charge >= 0.3 is 0 Å². The second-order valence-electron chi connectivity index (χ2n) is 4.31. The Morgan fingerprint density at radius 1 is 0.947 bits per heavy atom. The Hall–Kier alpha value is -2.62. The number of pyridine rings is 1. The largest absolute Gasteiger partial charge is 0.384 e. The van der Waals surface area contributed by atoms with Gasteiger partial charge in [-0.15, -0.1) is 0 Å². The predicted octanol–water partition coefficient (Wildman–Crippen LogP) is 2.58. The number of nitrogens with zero attached hydrogens (tertiary/aromatic N) is 3. The zero-order valence-electron chi connectivity index (χ0n) is 10.4. The summed E-state index contributed by atoms with van der Waals surface area (Å²) in [5.74, 6) is 0.643. The fourth-order valence-corrected chi connectivity index (χ4v) is 1.95. The number of rotatable bonds is 3. The Morgan fingerprint density at radius 2 is 1.74 bits per heavy atom. The van der Waals surface area contributed by atoms with Crippen LogP contribution in [0.2, 0.25) is 0 Å². The van der Waals surface area contributed by atoms with Gasteiger partial charge in [-0.2, -0.15) is 5.10 Å². The molecule has 2 aromatic heterocycles. The molecule has 0 fully saturated rings. The monoisotopic (exact) mass is 250 g/mol. The standard InChI is InChI=1S/C15H14N4/c16-15-10-14(13-8-4-5-9-17-13)18-19(15)11-12-6-2-1-3-7-12/h1-10H,11,16H2. The lowest BCUT2D eigenvalue weighted by atomic mass is 10.2. The van der Waals surface area contributed by atoms with E-state index in [2.05, 4.69) is 22.2 Å². The van der Waals surface area contributed by atoms with Crippen molar-refractivity contribution in [1.29, 1.82) is 0 Å². The molecule has 0 spiro atoms. The van der Waals surface area contributed by atoms with E-state index >= 15 is 0 Å². The van der Waals surface area contributed by atoms with Crippen molar-refractivity contribution in [1.82, 2.24) is 14.8 Å². The lowest BCUT2D eigenvalue weighted by Gasteiger charge is -2.03. The fraction of sp³-hybridized carbons (Fsp3) is 0.0667. The van der Waals surface area contributed by atoms with E-state index in [0.717, 1.165) is 11.4 Å². The summed E-state index contributed by atoms with van der Waals surface area (Å²) in [4.78, 5) is 4.28. The van der Waals surface area contributed by atoms with Gasteiger partial charge in [0.05, 0.1) is 12.2 Å². The normalized spacial score (nSPS) is 10.5. The van der Waals surface area contributed by atoms with Crippen LogP contribution < -0.4 is 5.73 Å². The quantitative estimate of drug-likeness (QED) is 0.777. The number of hydrogen-bond donors (Lipinski definition) is 1. The van der Waals surface area contributed by atoms with Gasteiger partial charge < -0.3 is 5.73 Å². The average molecular weight is 250 g/mol. The van der Waals surface area contributed by atoms with Crippen molar-refractivity contribution in [2.24, 2.45) is 0 Å². The van der Waals surface area contributed by atoms with E-state index in [0.29, 0.717) is 12.4 Å². The molecule has 4 heteroatoms. The Balaban J connectivity index is 1.90. The van der Waals surface area contributed by atoms with E-state index in [-0.39, 0.29) is 0 Å². The third-order valence-corrected chi connectivity index (χ3v) is 2.91. The molecule has 0 saturated carbocycles. The van der Waals surface area contributed by atoms with E-state index < -0.39 is 0 Å². The highest BCUT2D eigenvalue weighted by Gasteiger charge is 2.08. The predicted molar refractivity (Wildman–Crippen MR) is 75.4 cm³/mol. The number of hydrogen-bond acceptors (Lipinski definition) is 3. The van der Waals surface area contributed by atoms with E-state index in [4.69, 9.17) is 5.73 Å². The van der Waals surface area contributed by atoms with E-state index in [1.165, 1.54) is 5.56 Å². The molecule has 0 saturated heterocycles.